The molecule has 0 N–H and O–H groups in total. The maximum atomic E-state index is 2.79. The Morgan fingerprint density at radius 2 is 1.81 bits per heavy atom. The molecule has 3 aliphatic heterocycles. The van der Waals surface area contributed by atoms with Gasteiger partial charge in [0.25, 0.3) is 0 Å². The lowest BCUT2D eigenvalue weighted by Gasteiger charge is -2.42. The van der Waals surface area contributed by atoms with Crippen molar-refractivity contribution in [2.24, 2.45) is 5.92 Å². The highest BCUT2D eigenvalue weighted by Crippen LogP contribution is 2.34. The van der Waals surface area contributed by atoms with Crippen LogP contribution in [-0.4, -0.2) is 31.1 Å². The maximum absolute atomic E-state index is 2.79. The third-order valence-electron chi connectivity index (χ3n) is 6.88. The topological polar surface area (TPSA) is 6.48 Å². The van der Waals surface area contributed by atoms with Crippen molar-refractivity contribution in [1.82, 2.24) is 4.90 Å². The van der Waals surface area contributed by atoms with E-state index in [2.05, 4.69) is 59.3 Å². The first-order valence-corrected chi connectivity index (χ1v) is 10.4. The molecule has 1 aliphatic carbocycles. The zero-order chi connectivity index (χ0) is 17.5. The molecular weight excluding hydrogens is 316 g/mol. The Kier molecular flexibility index (Phi) is 4.24. The maximum Gasteiger partial charge on any atom is 0.0396 e. The van der Waals surface area contributed by atoms with E-state index in [1.165, 1.54) is 62.9 Å². The van der Waals surface area contributed by atoms with Crippen molar-refractivity contribution in [2.45, 2.75) is 51.1 Å². The highest BCUT2D eigenvalue weighted by Gasteiger charge is 2.31. The Labute approximate surface area is 157 Å². The summed E-state index contributed by atoms with van der Waals surface area (Å²) < 4.78 is 0. The minimum atomic E-state index is 0.714. The molecule has 2 aromatic carbocycles. The van der Waals surface area contributed by atoms with Crippen LogP contribution in [0.1, 0.15) is 41.5 Å². The van der Waals surface area contributed by atoms with Crippen LogP contribution in [0.25, 0.3) is 0 Å². The second-order valence-electron chi connectivity index (χ2n) is 8.69. The summed E-state index contributed by atoms with van der Waals surface area (Å²) in [6.07, 6.45) is 7.81. The van der Waals surface area contributed by atoms with Crippen molar-refractivity contribution in [1.29, 1.82) is 0 Å². The molecule has 0 amide bonds. The van der Waals surface area contributed by atoms with Gasteiger partial charge in [0, 0.05) is 38.4 Å². The van der Waals surface area contributed by atoms with Gasteiger partial charge in [0.1, 0.15) is 0 Å². The molecule has 4 aliphatic rings. The molecule has 1 fully saturated rings. The minimum absolute atomic E-state index is 0.714. The first-order valence-electron chi connectivity index (χ1n) is 10.4. The van der Waals surface area contributed by atoms with Gasteiger partial charge in [-0.1, -0.05) is 36.4 Å². The van der Waals surface area contributed by atoms with E-state index >= 15 is 0 Å². The Balaban J connectivity index is 1.38. The molecule has 6 rings (SSSR count). The zero-order valence-corrected chi connectivity index (χ0v) is 16.0. The summed E-state index contributed by atoms with van der Waals surface area (Å²) in [5, 5.41) is 0. The normalized spacial score (nSPS) is 25.3. The summed E-state index contributed by atoms with van der Waals surface area (Å²) >= 11 is 0. The molecule has 1 saturated heterocycles. The number of fused-ring (bicyclic) bond motifs is 3. The molecule has 0 saturated carbocycles. The largest absolute Gasteiger partial charge is 0.374 e. The predicted octanol–water partition coefficient (Wildman–Crippen LogP) is 4.45. The summed E-state index contributed by atoms with van der Waals surface area (Å²) in [5.74, 6) is 0.830. The summed E-state index contributed by atoms with van der Waals surface area (Å²) in [6.45, 7) is 3.60. The van der Waals surface area contributed by atoms with Gasteiger partial charge < -0.3 is 4.90 Å². The van der Waals surface area contributed by atoms with Crippen LogP contribution in [0.4, 0.5) is 5.69 Å². The average Bonchev–Trinajstić information content (AvgIpc) is 2.63. The lowest BCUT2D eigenvalue weighted by molar-refractivity contribution is 0.0938. The Hall–Kier alpha value is -1.80. The molecule has 0 aromatic heterocycles. The Morgan fingerprint density at radius 3 is 2.69 bits per heavy atom. The minimum Gasteiger partial charge on any atom is -0.374 e. The molecule has 3 heterocycles. The SMILES string of the molecule is CN1CCCc2cc(CN3C[C@@H]4CC[C@@H]3Cc3ccccc3C4)ccc21. The van der Waals surface area contributed by atoms with Gasteiger partial charge in [0.15, 0.2) is 0 Å². The predicted molar refractivity (Wildman–Crippen MR) is 109 cm³/mol. The van der Waals surface area contributed by atoms with Crippen LogP contribution >= 0.6 is 0 Å². The van der Waals surface area contributed by atoms with Crippen LogP contribution in [0.15, 0.2) is 42.5 Å². The number of rotatable bonds is 2. The summed E-state index contributed by atoms with van der Waals surface area (Å²) in [5.41, 5.74) is 7.72. The lowest BCUT2D eigenvalue weighted by Crippen LogP contribution is -2.46. The number of nitrogens with zero attached hydrogens (tertiary/aromatic N) is 2. The van der Waals surface area contributed by atoms with Gasteiger partial charge in [-0.15, -0.1) is 0 Å². The van der Waals surface area contributed by atoms with Crippen LogP contribution in [0.2, 0.25) is 0 Å². The van der Waals surface area contributed by atoms with Gasteiger partial charge in [-0.25, -0.2) is 0 Å². The summed E-state index contributed by atoms with van der Waals surface area (Å²) in [7, 11) is 2.23. The number of hydrogen-bond donors (Lipinski definition) is 0. The van der Waals surface area contributed by atoms with Crippen molar-refractivity contribution in [3.8, 4) is 0 Å². The van der Waals surface area contributed by atoms with Gasteiger partial charge >= 0.3 is 0 Å². The highest BCUT2D eigenvalue weighted by molar-refractivity contribution is 5.56. The van der Waals surface area contributed by atoms with Crippen molar-refractivity contribution in [3.63, 3.8) is 0 Å². The standard InChI is InChI=1S/C24H30N2/c1-25-12-4-7-22-14-19(9-11-24(22)25)17-26-16-18-8-10-23(26)15-21-6-3-2-5-20(21)13-18/h2-3,5-6,9,11,14,18,23H,4,7-8,10,12-13,15-17H2,1H3/t18-,23-/m1/s1. The van der Waals surface area contributed by atoms with Crippen LogP contribution < -0.4 is 4.90 Å². The van der Waals surface area contributed by atoms with Crippen LogP contribution in [0, 0.1) is 5.92 Å². The molecule has 26 heavy (non-hydrogen) atoms. The van der Waals surface area contributed by atoms with Crippen LogP contribution in [-0.2, 0) is 25.8 Å². The van der Waals surface area contributed by atoms with Crippen molar-refractivity contribution in [3.05, 3.63) is 64.7 Å². The number of benzene rings is 2. The first-order chi connectivity index (χ1) is 12.8. The van der Waals surface area contributed by atoms with Crippen molar-refractivity contribution < 1.29 is 0 Å². The van der Waals surface area contributed by atoms with E-state index in [1.54, 1.807) is 16.7 Å². The van der Waals surface area contributed by atoms with Crippen LogP contribution in [0.5, 0.6) is 0 Å². The molecule has 0 radical (unpaired) electrons. The van der Waals surface area contributed by atoms with Gasteiger partial charge in [0.2, 0.25) is 0 Å². The molecule has 2 nitrogen and oxygen atoms in total. The molecule has 0 unspecified atom stereocenters. The smallest absolute Gasteiger partial charge is 0.0396 e. The Morgan fingerprint density at radius 1 is 0.962 bits per heavy atom. The van der Waals surface area contributed by atoms with Crippen LogP contribution in [0.3, 0.4) is 0 Å². The Bertz CT molecular complexity index is 797. The fourth-order valence-corrected chi connectivity index (χ4v) is 5.47. The van der Waals surface area contributed by atoms with E-state index < -0.39 is 0 Å². The average molecular weight is 347 g/mol. The van der Waals surface area contributed by atoms with E-state index in [9.17, 15) is 0 Å². The van der Waals surface area contributed by atoms with Crippen molar-refractivity contribution in [2.75, 3.05) is 25.0 Å². The molecular formula is C24H30N2. The molecule has 0 spiro atoms. The number of hydrogen-bond acceptors (Lipinski definition) is 2. The first kappa shape index (κ1) is 16.4. The highest BCUT2D eigenvalue weighted by atomic mass is 15.2. The molecule has 2 bridgehead atoms. The van der Waals surface area contributed by atoms with E-state index in [1.807, 2.05) is 0 Å². The van der Waals surface area contributed by atoms with E-state index in [-0.39, 0.29) is 0 Å². The number of anilines is 1. The lowest BCUT2D eigenvalue weighted by atomic mass is 9.80. The van der Waals surface area contributed by atoms with Gasteiger partial charge in [-0.05, 0) is 72.8 Å². The molecule has 136 valence electrons. The third kappa shape index (κ3) is 3.05. The van der Waals surface area contributed by atoms with E-state index in [0.29, 0.717) is 6.04 Å². The van der Waals surface area contributed by atoms with E-state index in [4.69, 9.17) is 0 Å². The second-order valence-corrected chi connectivity index (χ2v) is 8.69. The van der Waals surface area contributed by atoms with E-state index in [0.717, 1.165) is 12.5 Å². The van der Waals surface area contributed by atoms with Gasteiger partial charge in [-0.2, -0.15) is 0 Å². The molecule has 2 heteroatoms. The molecule has 2 aromatic rings. The third-order valence-corrected chi connectivity index (χ3v) is 6.88. The second kappa shape index (κ2) is 6.74. The number of aryl methyl sites for hydroxylation is 1. The fourth-order valence-electron chi connectivity index (χ4n) is 5.47. The van der Waals surface area contributed by atoms with Crippen molar-refractivity contribution >= 4 is 5.69 Å². The molecule has 2 atom stereocenters. The number of piperidine rings is 1. The quantitative estimate of drug-likeness (QED) is 0.793. The fraction of sp³-hybridized carbons (Fsp3) is 0.500. The summed E-state index contributed by atoms with van der Waals surface area (Å²) in [4.78, 5) is 5.20. The van der Waals surface area contributed by atoms with Gasteiger partial charge in [0.05, 0.1) is 0 Å². The summed E-state index contributed by atoms with van der Waals surface area (Å²) in [6, 6.07) is 17.1. The monoisotopic (exact) mass is 346 g/mol. The van der Waals surface area contributed by atoms with Gasteiger partial charge in [-0.3, -0.25) is 4.90 Å². The zero-order valence-electron chi connectivity index (χ0n) is 16.0.